The molecule has 1 aliphatic heterocycles. The number of nitrogens with one attached hydrogen (secondary N) is 1. The molecule has 0 bridgehead atoms. The Bertz CT molecular complexity index is 458. The van der Waals surface area contributed by atoms with Crippen molar-refractivity contribution in [1.82, 2.24) is 9.88 Å². The third-order valence-corrected chi connectivity index (χ3v) is 3.57. The molecule has 1 aliphatic rings. The van der Waals surface area contributed by atoms with Crippen molar-refractivity contribution in [3.05, 3.63) is 22.4 Å². The van der Waals surface area contributed by atoms with E-state index in [1.165, 1.54) is 7.11 Å². The monoisotopic (exact) mass is 314 g/mol. The van der Waals surface area contributed by atoms with Gasteiger partial charge in [-0.2, -0.15) is 0 Å². The molecule has 2 rings (SSSR count). The lowest BCUT2D eigenvalue weighted by molar-refractivity contribution is -0.147. The summed E-state index contributed by atoms with van der Waals surface area (Å²) >= 11 is 3.29. The summed E-state index contributed by atoms with van der Waals surface area (Å²) in [7, 11) is 1.35. The minimum Gasteiger partial charge on any atom is -0.467 e. The van der Waals surface area contributed by atoms with E-state index in [-0.39, 0.29) is 11.9 Å². The highest BCUT2D eigenvalue weighted by Gasteiger charge is 2.33. The number of methoxy groups -OCH3 is 1. The predicted molar refractivity (Wildman–Crippen MR) is 69.2 cm³/mol. The van der Waals surface area contributed by atoms with Crippen molar-refractivity contribution in [3.8, 4) is 0 Å². The Kier molecular flexibility index (Phi) is 4.06. The molecule has 1 aromatic heterocycles. The minimum atomic E-state index is -0.460. The number of hydrogen-bond acceptors (Lipinski definition) is 3. The number of amides is 1. The van der Waals surface area contributed by atoms with Crippen LogP contribution in [0.2, 0.25) is 0 Å². The van der Waals surface area contributed by atoms with Crippen molar-refractivity contribution in [3.63, 3.8) is 0 Å². The topological polar surface area (TPSA) is 62.4 Å². The average molecular weight is 315 g/mol. The second-order valence-corrected chi connectivity index (χ2v) is 5.18. The van der Waals surface area contributed by atoms with E-state index in [4.69, 9.17) is 4.74 Å². The molecule has 5 nitrogen and oxygen atoms in total. The van der Waals surface area contributed by atoms with Crippen molar-refractivity contribution in [1.29, 1.82) is 0 Å². The van der Waals surface area contributed by atoms with Crippen molar-refractivity contribution in [2.45, 2.75) is 25.3 Å². The van der Waals surface area contributed by atoms with Crippen LogP contribution in [0.4, 0.5) is 0 Å². The van der Waals surface area contributed by atoms with Gasteiger partial charge in [-0.15, -0.1) is 0 Å². The summed E-state index contributed by atoms with van der Waals surface area (Å²) in [5.74, 6) is -0.496. The summed E-state index contributed by atoms with van der Waals surface area (Å²) in [5.41, 5.74) is 0.484. The molecular weight excluding hydrogens is 300 g/mol. The van der Waals surface area contributed by atoms with Crippen LogP contribution in [-0.2, 0) is 9.53 Å². The molecule has 98 valence electrons. The number of halogens is 1. The number of ether oxygens (including phenoxy) is 1. The van der Waals surface area contributed by atoms with Gasteiger partial charge in [0.15, 0.2) is 0 Å². The molecule has 0 spiro atoms. The van der Waals surface area contributed by atoms with Gasteiger partial charge in [0.2, 0.25) is 0 Å². The first-order valence-electron chi connectivity index (χ1n) is 5.86. The van der Waals surface area contributed by atoms with E-state index in [9.17, 15) is 9.59 Å². The summed E-state index contributed by atoms with van der Waals surface area (Å²) in [6, 6.07) is 1.25. The van der Waals surface area contributed by atoms with E-state index in [1.54, 1.807) is 17.2 Å². The number of H-pyrrole nitrogens is 1. The number of carbonyl (C=O) groups excluding carboxylic acids is 2. The fourth-order valence-electron chi connectivity index (χ4n) is 2.20. The first kappa shape index (κ1) is 13.1. The van der Waals surface area contributed by atoms with Gasteiger partial charge < -0.3 is 14.6 Å². The summed E-state index contributed by atoms with van der Waals surface area (Å²) < 4.78 is 5.58. The molecule has 0 radical (unpaired) electrons. The van der Waals surface area contributed by atoms with E-state index in [1.807, 2.05) is 0 Å². The lowest BCUT2D eigenvalue weighted by Crippen LogP contribution is -2.48. The van der Waals surface area contributed by atoms with Crippen LogP contribution >= 0.6 is 15.9 Å². The van der Waals surface area contributed by atoms with Gasteiger partial charge in [-0.25, -0.2) is 4.79 Å². The number of likely N-dealkylation sites (tertiary alicyclic amines) is 1. The number of aromatic nitrogens is 1. The quantitative estimate of drug-likeness (QED) is 0.849. The van der Waals surface area contributed by atoms with Crippen LogP contribution in [0.5, 0.6) is 0 Å². The van der Waals surface area contributed by atoms with E-state index in [0.29, 0.717) is 18.7 Å². The largest absolute Gasteiger partial charge is 0.467 e. The SMILES string of the molecule is COC(=O)C1CCCCN1C(=O)c1cc(Br)c[nH]1. The van der Waals surface area contributed by atoms with Gasteiger partial charge in [0.25, 0.3) is 5.91 Å². The Morgan fingerprint density at radius 3 is 2.89 bits per heavy atom. The fourth-order valence-corrected chi connectivity index (χ4v) is 2.55. The third-order valence-electron chi connectivity index (χ3n) is 3.12. The molecule has 0 aliphatic carbocycles. The molecule has 1 aromatic rings. The molecule has 1 saturated heterocycles. The molecule has 2 heterocycles. The number of aromatic amines is 1. The van der Waals surface area contributed by atoms with Gasteiger partial charge in [-0.1, -0.05) is 0 Å². The van der Waals surface area contributed by atoms with Crippen LogP contribution in [0, 0.1) is 0 Å². The zero-order valence-electron chi connectivity index (χ0n) is 10.1. The molecule has 0 saturated carbocycles. The zero-order valence-corrected chi connectivity index (χ0v) is 11.7. The van der Waals surface area contributed by atoms with Gasteiger partial charge in [-0.05, 0) is 41.3 Å². The van der Waals surface area contributed by atoms with Crippen LogP contribution in [-0.4, -0.2) is 41.5 Å². The zero-order chi connectivity index (χ0) is 13.1. The molecule has 6 heteroatoms. The maximum absolute atomic E-state index is 12.3. The van der Waals surface area contributed by atoms with Gasteiger partial charge >= 0.3 is 5.97 Å². The van der Waals surface area contributed by atoms with Gasteiger partial charge in [0.1, 0.15) is 11.7 Å². The second-order valence-electron chi connectivity index (χ2n) is 4.26. The van der Waals surface area contributed by atoms with E-state index < -0.39 is 6.04 Å². The maximum Gasteiger partial charge on any atom is 0.328 e. The Labute approximate surface area is 114 Å². The molecule has 1 unspecified atom stereocenters. The number of carbonyl (C=O) groups is 2. The summed E-state index contributed by atoms with van der Waals surface area (Å²) in [5, 5.41) is 0. The van der Waals surface area contributed by atoms with Crippen LogP contribution in [0.3, 0.4) is 0 Å². The van der Waals surface area contributed by atoms with Gasteiger partial charge in [-0.3, -0.25) is 4.79 Å². The van der Waals surface area contributed by atoms with Crippen molar-refractivity contribution in [2.75, 3.05) is 13.7 Å². The molecule has 1 fully saturated rings. The summed E-state index contributed by atoms with van der Waals surface area (Å²) in [6.45, 7) is 0.592. The van der Waals surface area contributed by atoms with Gasteiger partial charge in [0.05, 0.1) is 7.11 Å². The number of esters is 1. The smallest absolute Gasteiger partial charge is 0.328 e. The highest BCUT2D eigenvalue weighted by atomic mass is 79.9. The Morgan fingerprint density at radius 1 is 1.50 bits per heavy atom. The molecule has 1 amide bonds. The predicted octanol–water partition coefficient (Wildman–Crippen LogP) is 1.94. The lowest BCUT2D eigenvalue weighted by Gasteiger charge is -2.33. The number of piperidine rings is 1. The van der Waals surface area contributed by atoms with Gasteiger partial charge in [0, 0.05) is 17.2 Å². The first-order valence-corrected chi connectivity index (χ1v) is 6.65. The number of nitrogens with zero attached hydrogens (tertiary/aromatic N) is 1. The highest BCUT2D eigenvalue weighted by molar-refractivity contribution is 9.10. The Balaban J connectivity index is 2.18. The molecule has 0 aromatic carbocycles. The fraction of sp³-hybridized carbons (Fsp3) is 0.500. The normalized spacial score (nSPS) is 19.7. The maximum atomic E-state index is 12.3. The van der Waals surface area contributed by atoms with Crippen LogP contribution in [0.1, 0.15) is 29.8 Å². The number of hydrogen-bond donors (Lipinski definition) is 1. The standard InChI is InChI=1S/C12H15BrN2O3/c1-18-12(17)10-4-2-3-5-15(10)11(16)9-6-8(13)7-14-9/h6-7,10,14H,2-5H2,1H3. The van der Waals surface area contributed by atoms with Crippen LogP contribution in [0.25, 0.3) is 0 Å². The summed E-state index contributed by atoms with van der Waals surface area (Å²) in [6.07, 6.45) is 4.23. The van der Waals surface area contributed by atoms with Crippen molar-refractivity contribution < 1.29 is 14.3 Å². The minimum absolute atomic E-state index is 0.157. The van der Waals surface area contributed by atoms with E-state index in [0.717, 1.165) is 17.3 Å². The van der Waals surface area contributed by atoms with Crippen LogP contribution < -0.4 is 0 Å². The van der Waals surface area contributed by atoms with Crippen molar-refractivity contribution in [2.24, 2.45) is 0 Å². The summed E-state index contributed by atoms with van der Waals surface area (Å²) in [4.78, 5) is 28.5. The Morgan fingerprint density at radius 2 is 2.28 bits per heavy atom. The first-order chi connectivity index (χ1) is 8.63. The van der Waals surface area contributed by atoms with Crippen LogP contribution in [0.15, 0.2) is 16.7 Å². The Hall–Kier alpha value is -1.30. The van der Waals surface area contributed by atoms with Crippen molar-refractivity contribution >= 4 is 27.8 Å². The average Bonchev–Trinajstić information content (AvgIpc) is 2.83. The van der Waals surface area contributed by atoms with E-state index in [2.05, 4.69) is 20.9 Å². The second kappa shape index (κ2) is 5.56. The highest BCUT2D eigenvalue weighted by Crippen LogP contribution is 2.21. The third kappa shape index (κ3) is 2.58. The molecule has 18 heavy (non-hydrogen) atoms. The molecule has 1 atom stereocenters. The lowest BCUT2D eigenvalue weighted by atomic mass is 10.0. The molecular formula is C12H15BrN2O3. The number of rotatable bonds is 2. The molecule has 1 N–H and O–H groups in total. The van der Waals surface area contributed by atoms with E-state index >= 15 is 0 Å².